The van der Waals surface area contributed by atoms with Crippen LogP contribution < -0.4 is 11.1 Å². The summed E-state index contributed by atoms with van der Waals surface area (Å²) in [5.41, 5.74) is 11.7. The third-order valence-electron chi connectivity index (χ3n) is 4.42. The average Bonchev–Trinajstić information content (AvgIpc) is 2.98. The van der Waals surface area contributed by atoms with Crippen molar-refractivity contribution < 1.29 is 9.53 Å². The minimum Gasteiger partial charge on any atom is -0.469 e. The minimum atomic E-state index is -0.201. The molecule has 2 aromatic carbocycles. The lowest BCUT2D eigenvalue weighted by molar-refractivity contribution is -0.140. The van der Waals surface area contributed by atoms with E-state index in [1.807, 2.05) is 18.2 Å². The van der Waals surface area contributed by atoms with E-state index in [0.717, 1.165) is 29.8 Å². The number of fused-ring (bicyclic) bond motifs is 1. The molecule has 3 N–H and O–H groups in total. The topological polar surface area (TPSA) is 64.3 Å². The smallest absolute Gasteiger partial charge is 0.305 e. The van der Waals surface area contributed by atoms with Gasteiger partial charge in [-0.1, -0.05) is 30.3 Å². The molecule has 0 radical (unpaired) electrons. The van der Waals surface area contributed by atoms with Crippen LogP contribution in [0.4, 0.5) is 11.4 Å². The summed E-state index contributed by atoms with van der Waals surface area (Å²) in [7, 11) is 1.41. The molecule has 0 heterocycles. The van der Waals surface area contributed by atoms with E-state index in [1.54, 1.807) is 0 Å². The molecule has 0 aromatic heterocycles. The van der Waals surface area contributed by atoms with Crippen LogP contribution in [0, 0.1) is 0 Å². The molecular formula is C19H22N2O2. The number of rotatable bonds is 5. The molecule has 0 aliphatic heterocycles. The van der Waals surface area contributed by atoms with E-state index in [9.17, 15) is 4.79 Å². The van der Waals surface area contributed by atoms with Crippen LogP contribution in [0.15, 0.2) is 42.5 Å². The third kappa shape index (κ3) is 3.47. The van der Waals surface area contributed by atoms with Crippen molar-refractivity contribution >= 4 is 17.3 Å². The van der Waals surface area contributed by atoms with E-state index in [0.29, 0.717) is 18.9 Å². The van der Waals surface area contributed by atoms with Crippen molar-refractivity contribution in [3.05, 3.63) is 59.2 Å². The monoisotopic (exact) mass is 310 g/mol. The van der Waals surface area contributed by atoms with E-state index >= 15 is 0 Å². The lowest BCUT2D eigenvalue weighted by atomic mass is 10.1. The van der Waals surface area contributed by atoms with Crippen LogP contribution in [0.2, 0.25) is 0 Å². The van der Waals surface area contributed by atoms with Gasteiger partial charge in [-0.05, 0) is 48.1 Å². The molecule has 0 bridgehead atoms. The number of carbonyl (C=O) groups excluding carboxylic acids is 1. The first-order chi connectivity index (χ1) is 11.2. The predicted molar refractivity (Wildman–Crippen MR) is 92.3 cm³/mol. The summed E-state index contributed by atoms with van der Waals surface area (Å²) in [6, 6.07) is 14.8. The van der Waals surface area contributed by atoms with Crippen molar-refractivity contribution in [3.8, 4) is 0 Å². The molecule has 3 rings (SSSR count). The van der Waals surface area contributed by atoms with Gasteiger partial charge in [0.2, 0.25) is 0 Å². The number of hydrogen-bond acceptors (Lipinski definition) is 4. The van der Waals surface area contributed by atoms with Gasteiger partial charge in [0, 0.05) is 6.42 Å². The minimum absolute atomic E-state index is 0.201. The van der Waals surface area contributed by atoms with Crippen LogP contribution in [0.3, 0.4) is 0 Å². The summed E-state index contributed by atoms with van der Waals surface area (Å²) in [5.74, 6) is -0.201. The van der Waals surface area contributed by atoms with Crippen molar-refractivity contribution in [2.75, 3.05) is 18.2 Å². The van der Waals surface area contributed by atoms with Crippen LogP contribution in [-0.4, -0.2) is 13.1 Å². The molecule has 1 atom stereocenters. The average molecular weight is 310 g/mol. The molecule has 1 aliphatic rings. The molecule has 23 heavy (non-hydrogen) atoms. The zero-order valence-corrected chi connectivity index (χ0v) is 13.3. The lowest BCUT2D eigenvalue weighted by Gasteiger charge is -2.17. The van der Waals surface area contributed by atoms with Crippen molar-refractivity contribution in [3.63, 3.8) is 0 Å². The summed E-state index contributed by atoms with van der Waals surface area (Å²) < 4.78 is 4.67. The number of aryl methyl sites for hydroxylation is 2. The first-order valence-electron chi connectivity index (χ1n) is 7.97. The number of benzene rings is 2. The van der Waals surface area contributed by atoms with Gasteiger partial charge in [0.05, 0.1) is 24.5 Å². The van der Waals surface area contributed by atoms with Crippen molar-refractivity contribution in [2.24, 2.45) is 0 Å². The van der Waals surface area contributed by atoms with Crippen molar-refractivity contribution in [2.45, 2.75) is 31.7 Å². The summed E-state index contributed by atoms with van der Waals surface area (Å²) in [4.78, 5) is 11.2. The maximum Gasteiger partial charge on any atom is 0.305 e. The number of esters is 1. The first kappa shape index (κ1) is 15.4. The molecule has 4 heteroatoms. The summed E-state index contributed by atoms with van der Waals surface area (Å²) >= 11 is 0. The molecule has 0 fully saturated rings. The summed E-state index contributed by atoms with van der Waals surface area (Å²) in [6.07, 6.45) is 3.20. The number of methoxy groups -OCH3 is 1. The van der Waals surface area contributed by atoms with E-state index in [1.165, 1.54) is 18.2 Å². The summed E-state index contributed by atoms with van der Waals surface area (Å²) in [6.45, 7) is 0. The molecule has 120 valence electrons. The second-order valence-corrected chi connectivity index (χ2v) is 5.93. The van der Waals surface area contributed by atoms with Crippen LogP contribution in [0.1, 0.15) is 35.6 Å². The number of carbonyl (C=O) groups is 1. The third-order valence-corrected chi connectivity index (χ3v) is 4.42. The molecule has 0 saturated carbocycles. The van der Waals surface area contributed by atoms with Gasteiger partial charge in [0.25, 0.3) is 0 Å². The Morgan fingerprint density at radius 3 is 2.91 bits per heavy atom. The molecule has 2 aromatic rings. The highest BCUT2D eigenvalue weighted by Crippen LogP contribution is 2.35. The quantitative estimate of drug-likeness (QED) is 0.655. The molecular weight excluding hydrogens is 288 g/mol. The van der Waals surface area contributed by atoms with Gasteiger partial charge < -0.3 is 15.8 Å². The molecule has 1 aliphatic carbocycles. The Morgan fingerprint density at radius 1 is 1.30 bits per heavy atom. The van der Waals surface area contributed by atoms with Crippen LogP contribution >= 0.6 is 0 Å². The standard InChI is InChI=1S/C19H22N2O2/c1-23-19(22)11-7-13-6-9-18(16(20)12-13)21-17-10-8-14-4-2-3-5-15(14)17/h2-6,9,12,17,21H,7-8,10-11,20H2,1H3. The second-order valence-electron chi connectivity index (χ2n) is 5.93. The zero-order valence-electron chi connectivity index (χ0n) is 13.3. The Labute approximate surface area is 136 Å². The number of nitrogens with one attached hydrogen (secondary N) is 1. The van der Waals surface area contributed by atoms with E-state index in [4.69, 9.17) is 5.73 Å². The van der Waals surface area contributed by atoms with Gasteiger partial charge in [-0.2, -0.15) is 0 Å². The van der Waals surface area contributed by atoms with Crippen LogP contribution in [0.25, 0.3) is 0 Å². The van der Waals surface area contributed by atoms with E-state index < -0.39 is 0 Å². The van der Waals surface area contributed by atoms with Crippen molar-refractivity contribution in [1.82, 2.24) is 0 Å². The molecule has 1 unspecified atom stereocenters. The largest absolute Gasteiger partial charge is 0.469 e. The fraction of sp³-hybridized carbons (Fsp3) is 0.316. The molecule has 4 nitrogen and oxygen atoms in total. The zero-order chi connectivity index (χ0) is 16.2. The molecule has 0 saturated heterocycles. The Balaban J connectivity index is 1.69. The van der Waals surface area contributed by atoms with Crippen LogP contribution in [0.5, 0.6) is 0 Å². The van der Waals surface area contributed by atoms with E-state index in [-0.39, 0.29) is 5.97 Å². The van der Waals surface area contributed by atoms with E-state index in [2.05, 4.69) is 34.3 Å². The fourth-order valence-corrected chi connectivity index (χ4v) is 3.14. The Kier molecular flexibility index (Phi) is 4.51. The molecule has 0 amide bonds. The second kappa shape index (κ2) is 6.73. The number of ether oxygens (including phenoxy) is 1. The van der Waals surface area contributed by atoms with Gasteiger partial charge in [-0.25, -0.2) is 0 Å². The Bertz CT molecular complexity index is 712. The van der Waals surface area contributed by atoms with Gasteiger partial charge in [0.1, 0.15) is 0 Å². The number of anilines is 2. The SMILES string of the molecule is COC(=O)CCc1ccc(NC2CCc3ccccc32)c(N)c1. The van der Waals surface area contributed by atoms with Gasteiger partial charge in [-0.15, -0.1) is 0 Å². The van der Waals surface area contributed by atoms with Crippen LogP contribution in [-0.2, 0) is 22.4 Å². The maximum atomic E-state index is 11.2. The number of nitrogens with two attached hydrogens (primary N) is 1. The maximum absolute atomic E-state index is 11.2. The Hall–Kier alpha value is -2.49. The fourth-order valence-electron chi connectivity index (χ4n) is 3.14. The predicted octanol–water partition coefficient (Wildman–Crippen LogP) is 3.47. The summed E-state index contributed by atoms with van der Waals surface area (Å²) in [5, 5.41) is 3.55. The normalized spacial score (nSPS) is 16.0. The highest BCUT2D eigenvalue weighted by molar-refractivity contribution is 5.71. The Morgan fingerprint density at radius 2 is 2.13 bits per heavy atom. The first-order valence-corrected chi connectivity index (χ1v) is 7.97. The van der Waals surface area contributed by atoms with Gasteiger partial charge in [-0.3, -0.25) is 4.79 Å². The number of hydrogen-bond donors (Lipinski definition) is 2. The van der Waals surface area contributed by atoms with Crippen molar-refractivity contribution in [1.29, 1.82) is 0 Å². The highest BCUT2D eigenvalue weighted by Gasteiger charge is 2.22. The van der Waals surface area contributed by atoms with Gasteiger partial charge in [0.15, 0.2) is 0 Å². The van der Waals surface area contributed by atoms with Gasteiger partial charge >= 0.3 is 5.97 Å². The molecule has 0 spiro atoms. The number of nitrogen functional groups attached to an aromatic ring is 1. The lowest BCUT2D eigenvalue weighted by Crippen LogP contribution is -2.09. The highest BCUT2D eigenvalue weighted by atomic mass is 16.5.